The maximum Gasteiger partial charge on any atom is 0.265 e. The zero-order valence-electron chi connectivity index (χ0n) is 15.9. The Balaban J connectivity index is 1.47. The molecule has 0 unspecified atom stereocenters. The highest BCUT2D eigenvalue weighted by Gasteiger charge is 2.25. The molecule has 3 aromatic rings. The Morgan fingerprint density at radius 2 is 2.07 bits per heavy atom. The first-order valence-corrected chi connectivity index (χ1v) is 13.4. The Morgan fingerprint density at radius 1 is 1.28 bits per heavy atom. The number of carbonyl (C=O) groups is 1. The van der Waals surface area contributed by atoms with Crippen LogP contribution in [-0.4, -0.2) is 43.8 Å². The lowest BCUT2D eigenvalue weighted by atomic mass is 10.3. The molecule has 0 radical (unpaired) electrons. The minimum atomic E-state index is -3.56. The third-order valence-corrected chi connectivity index (χ3v) is 9.75. The molecule has 29 heavy (non-hydrogen) atoms. The molecule has 0 bridgehead atoms. The van der Waals surface area contributed by atoms with Crippen LogP contribution in [0.2, 0.25) is 0 Å². The van der Waals surface area contributed by atoms with Crippen LogP contribution in [0.4, 0.5) is 0 Å². The molecule has 1 aliphatic heterocycles. The van der Waals surface area contributed by atoms with Gasteiger partial charge in [0.1, 0.15) is 14.1 Å². The van der Waals surface area contributed by atoms with Gasteiger partial charge in [0, 0.05) is 35.5 Å². The second-order valence-electron chi connectivity index (χ2n) is 6.81. The molecule has 6 nitrogen and oxygen atoms in total. The SMILES string of the molecule is Cc1nc(-c2csc(S(=O)(=O)NCCc3cccs3)c2)sc1C(=O)N1CCCC1. The fourth-order valence-corrected chi connectivity index (χ4v) is 7.23. The van der Waals surface area contributed by atoms with E-state index in [1.165, 1.54) is 22.7 Å². The summed E-state index contributed by atoms with van der Waals surface area (Å²) in [5, 5.41) is 4.45. The summed E-state index contributed by atoms with van der Waals surface area (Å²) < 4.78 is 28.1. The molecular weight excluding hydrogens is 446 g/mol. The van der Waals surface area contributed by atoms with Crippen LogP contribution in [0.5, 0.6) is 0 Å². The Morgan fingerprint density at radius 3 is 2.79 bits per heavy atom. The molecule has 1 N–H and O–H groups in total. The van der Waals surface area contributed by atoms with Crippen LogP contribution in [0.15, 0.2) is 33.2 Å². The van der Waals surface area contributed by atoms with E-state index in [9.17, 15) is 13.2 Å². The van der Waals surface area contributed by atoms with Crippen molar-refractivity contribution in [1.82, 2.24) is 14.6 Å². The highest BCUT2D eigenvalue weighted by molar-refractivity contribution is 7.91. The van der Waals surface area contributed by atoms with Crippen molar-refractivity contribution in [3.63, 3.8) is 0 Å². The minimum absolute atomic E-state index is 0.0297. The number of thiazole rings is 1. The van der Waals surface area contributed by atoms with Gasteiger partial charge in [0.05, 0.1) is 5.69 Å². The smallest absolute Gasteiger partial charge is 0.265 e. The third-order valence-electron chi connectivity index (χ3n) is 4.71. The summed E-state index contributed by atoms with van der Waals surface area (Å²) >= 11 is 4.13. The molecule has 1 saturated heterocycles. The van der Waals surface area contributed by atoms with Crippen LogP contribution in [-0.2, 0) is 16.4 Å². The summed E-state index contributed by atoms with van der Waals surface area (Å²) in [6, 6.07) is 5.59. The highest BCUT2D eigenvalue weighted by Crippen LogP contribution is 2.33. The number of nitrogens with zero attached hydrogens (tertiary/aromatic N) is 2. The fourth-order valence-electron chi connectivity index (χ4n) is 3.19. The topological polar surface area (TPSA) is 79.4 Å². The average molecular weight is 468 g/mol. The number of thiophene rings is 2. The number of sulfonamides is 1. The molecule has 1 amide bonds. The van der Waals surface area contributed by atoms with Gasteiger partial charge in [0.2, 0.25) is 10.0 Å². The number of likely N-dealkylation sites (tertiary alicyclic amines) is 1. The molecular formula is C19H21N3O3S4. The number of aryl methyl sites for hydroxylation is 1. The zero-order chi connectivity index (χ0) is 20.4. The van der Waals surface area contributed by atoms with Gasteiger partial charge in [-0.05, 0) is 43.7 Å². The van der Waals surface area contributed by atoms with E-state index in [0.717, 1.165) is 36.4 Å². The van der Waals surface area contributed by atoms with Gasteiger partial charge in [-0.1, -0.05) is 6.07 Å². The van der Waals surface area contributed by atoms with E-state index >= 15 is 0 Å². The van der Waals surface area contributed by atoms with E-state index in [1.807, 2.05) is 29.3 Å². The Kier molecular flexibility index (Phi) is 6.16. The van der Waals surface area contributed by atoms with Gasteiger partial charge in [-0.3, -0.25) is 4.79 Å². The molecule has 1 fully saturated rings. The van der Waals surface area contributed by atoms with E-state index in [1.54, 1.807) is 22.8 Å². The minimum Gasteiger partial charge on any atom is -0.338 e. The number of nitrogens with one attached hydrogen (secondary N) is 1. The van der Waals surface area contributed by atoms with Crippen LogP contribution in [0.3, 0.4) is 0 Å². The average Bonchev–Trinajstić information content (AvgIpc) is 3.46. The van der Waals surface area contributed by atoms with Crippen molar-refractivity contribution in [2.45, 2.75) is 30.4 Å². The number of aromatic nitrogens is 1. The quantitative estimate of drug-likeness (QED) is 0.570. The summed E-state index contributed by atoms with van der Waals surface area (Å²) in [5.41, 5.74) is 1.44. The maximum absolute atomic E-state index is 12.7. The van der Waals surface area contributed by atoms with Crippen molar-refractivity contribution in [1.29, 1.82) is 0 Å². The number of hydrogen-bond donors (Lipinski definition) is 1. The predicted octanol–water partition coefficient (Wildman–Crippen LogP) is 4.00. The summed E-state index contributed by atoms with van der Waals surface area (Å²) in [5.74, 6) is 0.0297. The van der Waals surface area contributed by atoms with Gasteiger partial charge < -0.3 is 4.90 Å². The largest absolute Gasteiger partial charge is 0.338 e. The first kappa shape index (κ1) is 20.7. The van der Waals surface area contributed by atoms with E-state index in [0.29, 0.717) is 28.5 Å². The fraction of sp³-hybridized carbons (Fsp3) is 0.368. The van der Waals surface area contributed by atoms with Gasteiger partial charge in [0.25, 0.3) is 5.91 Å². The summed E-state index contributed by atoms with van der Waals surface area (Å²) in [7, 11) is -3.56. The monoisotopic (exact) mass is 467 g/mol. The highest BCUT2D eigenvalue weighted by atomic mass is 32.2. The normalized spacial score (nSPS) is 14.6. The molecule has 0 aromatic carbocycles. The molecule has 0 atom stereocenters. The molecule has 4 rings (SSSR count). The maximum atomic E-state index is 12.7. The number of amides is 1. The third kappa shape index (κ3) is 4.61. The molecule has 154 valence electrons. The van der Waals surface area contributed by atoms with Crippen LogP contribution in [0.1, 0.15) is 33.1 Å². The van der Waals surface area contributed by atoms with Crippen molar-refractivity contribution >= 4 is 49.9 Å². The van der Waals surface area contributed by atoms with Crippen LogP contribution >= 0.6 is 34.0 Å². The summed E-state index contributed by atoms with van der Waals surface area (Å²) in [6.45, 7) is 3.79. The first-order chi connectivity index (χ1) is 13.9. The first-order valence-electron chi connectivity index (χ1n) is 9.32. The lowest BCUT2D eigenvalue weighted by molar-refractivity contribution is 0.0796. The van der Waals surface area contributed by atoms with Crippen LogP contribution < -0.4 is 4.72 Å². The Hall–Kier alpha value is -1.59. The second kappa shape index (κ2) is 8.65. The Bertz CT molecular complexity index is 1090. The van der Waals surface area contributed by atoms with Gasteiger partial charge in [0.15, 0.2) is 0 Å². The lowest BCUT2D eigenvalue weighted by Gasteiger charge is -2.13. The van der Waals surface area contributed by atoms with Crippen molar-refractivity contribution in [2.75, 3.05) is 19.6 Å². The molecule has 0 aliphatic carbocycles. The number of carbonyl (C=O) groups excluding carboxylic acids is 1. The van der Waals surface area contributed by atoms with Crippen LogP contribution in [0, 0.1) is 6.92 Å². The summed E-state index contributed by atoms with van der Waals surface area (Å²) in [4.78, 5) is 20.9. The molecule has 4 heterocycles. The molecule has 3 aromatic heterocycles. The van der Waals surface area contributed by atoms with Gasteiger partial charge in [-0.25, -0.2) is 18.1 Å². The van der Waals surface area contributed by atoms with Gasteiger partial charge >= 0.3 is 0 Å². The Labute approximate surface area is 182 Å². The standard InChI is InChI=1S/C19H21N3O3S4/c1-13-17(19(23)22-8-2-3-9-22)28-18(21-13)14-11-16(27-12-14)29(24,25)20-7-6-15-5-4-10-26-15/h4-5,10-12,20H,2-3,6-9H2,1H3. The second-order valence-corrected chi connectivity index (χ2v) is 11.8. The molecule has 1 aliphatic rings. The van der Waals surface area contributed by atoms with E-state index in [-0.39, 0.29) is 10.1 Å². The molecule has 10 heteroatoms. The van der Waals surface area contributed by atoms with Crippen molar-refractivity contribution in [3.05, 3.63) is 44.4 Å². The van der Waals surface area contributed by atoms with E-state index in [4.69, 9.17) is 0 Å². The molecule has 0 saturated carbocycles. The zero-order valence-corrected chi connectivity index (χ0v) is 19.1. The summed E-state index contributed by atoms with van der Waals surface area (Å²) in [6.07, 6.45) is 2.76. The molecule has 0 spiro atoms. The number of rotatable bonds is 7. The van der Waals surface area contributed by atoms with Crippen molar-refractivity contribution in [3.8, 4) is 10.6 Å². The van der Waals surface area contributed by atoms with Crippen LogP contribution in [0.25, 0.3) is 10.6 Å². The van der Waals surface area contributed by atoms with Gasteiger partial charge in [-0.2, -0.15) is 0 Å². The van der Waals surface area contributed by atoms with E-state index < -0.39 is 10.0 Å². The van der Waals surface area contributed by atoms with Crippen molar-refractivity contribution in [2.24, 2.45) is 0 Å². The predicted molar refractivity (Wildman–Crippen MR) is 119 cm³/mol. The van der Waals surface area contributed by atoms with E-state index in [2.05, 4.69) is 9.71 Å². The lowest BCUT2D eigenvalue weighted by Crippen LogP contribution is -2.27. The van der Waals surface area contributed by atoms with Crippen molar-refractivity contribution < 1.29 is 13.2 Å². The number of hydrogen-bond acceptors (Lipinski definition) is 7. The van der Waals surface area contributed by atoms with Gasteiger partial charge in [-0.15, -0.1) is 34.0 Å².